The zero-order valence-electron chi connectivity index (χ0n) is 15.9. The van der Waals surface area contributed by atoms with Crippen LogP contribution in [0.25, 0.3) is 0 Å². The van der Waals surface area contributed by atoms with E-state index in [1.54, 1.807) is 13.4 Å². The molecule has 0 bridgehead atoms. The van der Waals surface area contributed by atoms with Crippen LogP contribution < -0.4 is 25.6 Å². The summed E-state index contributed by atoms with van der Waals surface area (Å²) in [5, 5.41) is 3.51. The summed E-state index contributed by atoms with van der Waals surface area (Å²) in [6.07, 6.45) is 6.57. The standard InChI is InChI=1S/C20H28N6O/c1-27-17-8-6-16(7-9-17)25-10-12-26(13-11-25)20-18(21)19(22-14-23-20)24-15-4-2-3-5-15/h6-9,14-15H,2-5,10-13,21H2,1H3,(H,22,23,24). The molecule has 7 heteroatoms. The summed E-state index contributed by atoms with van der Waals surface area (Å²) < 4.78 is 5.24. The number of aromatic nitrogens is 2. The number of rotatable bonds is 5. The van der Waals surface area contributed by atoms with E-state index in [9.17, 15) is 0 Å². The Labute approximate surface area is 160 Å². The Bertz CT molecular complexity index is 752. The number of ether oxygens (including phenoxy) is 1. The summed E-state index contributed by atoms with van der Waals surface area (Å²) in [5.41, 5.74) is 8.30. The van der Waals surface area contributed by atoms with Crippen LogP contribution in [0, 0.1) is 0 Å². The van der Waals surface area contributed by atoms with E-state index >= 15 is 0 Å². The number of nitrogens with one attached hydrogen (secondary N) is 1. The molecule has 1 aliphatic heterocycles. The zero-order valence-corrected chi connectivity index (χ0v) is 15.9. The van der Waals surface area contributed by atoms with Crippen molar-refractivity contribution in [3.8, 4) is 5.75 Å². The lowest BCUT2D eigenvalue weighted by molar-refractivity contribution is 0.415. The highest BCUT2D eigenvalue weighted by molar-refractivity contribution is 5.75. The molecule has 27 heavy (non-hydrogen) atoms. The number of methoxy groups -OCH3 is 1. The number of nitrogen functional groups attached to an aromatic ring is 1. The first-order chi connectivity index (χ1) is 13.2. The molecule has 3 N–H and O–H groups in total. The molecule has 2 aliphatic rings. The normalized spacial score (nSPS) is 18.0. The van der Waals surface area contributed by atoms with Crippen molar-refractivity contribution < 1.29 is 4.74 Å². The molecule has 2 fully saturated rings. The third-order valence-corrected chi connectivity index (χ3v) is 5.58. The van der Waals surface area contributed by atoms with Gasteiger partial charge >= 0.3 is 0 Å². The molecule has 2 heterocycles. The largest absolute Gasteiger partial charge is 0.497 e. The maximum Gasteiger partial charge on any atom is 0.157 e. The van der Waals surface area contributed by atoms with E-state index in [-0.39, 0.29) is 0 Å². The predicted molar refractivity (Wildman–Crippen MR) is 110 cm³/mol. The lowest BCUT2D eigenvalue weighted by Crippen LogP contribution is -2.47. The first-order valence-corrected chi connectivity index (χ1v) is 9.75. The van der Waals surface area contributed by atoms with Gasteiger partial charge in [0.25, 0.3) is 0 Å². The number of piperazine rings is 1. The highest BCUT2D eigenvalue weighted by Gasteiger charge is 2.23. The van der Waals surface area contributed by atoms with Gasteiger partial charge in [-0.2, -0.15) is 0 Å². The zero-order chi connectivity index (χ0) is 18.6. The van der Waals surface area contributed by atoms with Gasteiger partial charge in [0.05, 0.1) is 7.11 Å². The van der Waals surface area contributed by atoms with Crippen molar-refractivity contribution in [1.29, 1.82) is 0 Å². The molecule has 1 aliphatic carbocycles. The fraction of sp³-hybridized carbons (Fsp3) is 0.500. The number of benzene rings is 1. The van der Waals surface area contributed by atoms with Crippen LogP contribution in [0.3, 0.4) is 0 Å². The Morgan fingerprint density at radius 3 is 2.33 bits per heavy atom. The van der Waals surface area contributed by atoms with Gasteiger partial charge in [0.2, 0.25) is 0 Å². The monoisotopic (exact) mass is 368 g/mol. The van der Waals surface area contributed by atoms with E-state index in [4.69, 9.17) is 10.5 Å². The van der Waals surface area contributed by atoms with Crippen molar-refractivity contribution >= 4 is 23.0 Å². The Hall–Kier alpha value is -2.70. The lowest BCUT2D eigenvalue weighted by atomic mass is 10.2. The highest BCUT2D eigenvalue weighted by Crippen LogP contribution is 2.30. The van der Waals surface area contributed by atoms with Gasteiger partial charge in [-0.15, -0.1) is 0 Å². The molecule has 0 unspecified atom stereocenters. The second-order valence-corrected chi connectivity index (χ2v) is 7.26. The van der Waals surface area contributed by atoms with E-state index in [2.05, 4.69) is 37.2 Å². The van der Waals surface area contributed by atoms with E-state index in [0.29, 0.717) is 11.7 Å². The maximum atomic E-state index is 6.41. The number of hydrogen-bond donors (Lipinski definition) is 2. The van der Waals surface area contributed by atoms with E-state index in [0.717, 1.165) is 43.6 Å². The maximum absolute atomic E-state index is 6.41. The van der Waals surface area contributed by atoms with Crippen LogP contribution in [0.1, 0.15) is 25.7 Å². The summed E-state index contributed by atoms with van der Waals surface area (Å²) in [5.74, 6) is 2.51. The summed E-state index contributed by atoms with van der Waals surface area (Å²) >= 11 is 0. The van der Waals surface area contributed by atoms with Gasteiger partial charge in [-0.05, 0) is 37.1 Å². The lowest BCUT2D eigenvalue weighted by Gasteiger charge is -2.37. The highest BCUT2D eigenvalue weighted by atomic mass is 16.5. The molecular formula is C20H28N6O. The van der Waals surface area contributed by atoms with Gasteiger partial charge < -0.3 is 25.6 Å². The van der Waals surface area contributed by atoms with Crippen LogP contribution in [-0.4, -0.2) is 49.3 Å². The summed E-state index contributed by atoms with van der Waals surface area (Å²) in [4.78, 5) is 13.5. The number of hydrogen-bond acceptors (Lipinski definition) is 7. The molecule has 1 saturated heterocycles. The van der Waals surface area contributed by atoms with Gasteiger partial charge in [0.1, 0.15) is 17.8 Å². The molecule has 0 amide bonds. The van der Waals surface area contributed by atoms with E-state index in [1.165, 1.54) is 31.4 Å². The van der Waals surface area contributed by atoms with Crippen LogP contribution in [0.4, 0.5) is 23.0 Å². The minimum Gasteiger partial charge on any atom is -0.497 e. The van der Waals surface area contributed by atoms with Crippen LogP contribution >= 0.6 is 0 Å². The molecule has 0 radical (unpaired) electrons. The Balaban J connectivity index is 1.41. The molecule has 4 rings (SSSR count). The summed E-state index contributed by atoms with van der Waals surface area (Å²) in [6, 6.07) is 8.71. The number of nitrogens with zero attached hydrogens (tertiary/aromatic N) is 4. The van der Waals surface area contributed by atoms with Crippen molar-refractivity contribution in [2.45, 2.75) is 31.7 Å². The molecule has 1 saturated carbocycles. The molecule has 0 spiro atoms. The predicted octanol–water partition coefficient (Wildman–Crippen LogP) is 2.75. The second kappa shape index (κ2) is 7.90. The van der Waals surface area contributed by atoms with Crippen molar-refractivity contribution in [2.75, 3.05) is 54.1 Å². The van der Waals surface area contributed by atoms with Gasteiger partial charge in [0.15, 0.2) is 11.6 Å². The average molecular weight is 368 g/mol. The summed E-state index contributed by atoms with van der Waals surface area (Å²) in [7, 11) is 1.69. The Morgan fingerprint density at radius 1 is 1.00 bits per heavy atom. The molecule has 1 aromatic carbocycles. The smallest absolute Gasteiger partial charge is 0.157 e. The second-order valence-electron chi connectivity index (χ2n) is 7.26. The fourth-order valence-corrected chi connectivity index (χ4v) is 3.99. The molecule has 144 valence electrons. The van der Waals surface area contributed by atoms with Gasteiger partial charge in [0, 0.05) is 37.9 Å². The van der Waals surface area contributed by atoms with E-state index in [1.807, 2.05) is 12.1 Å². The van der Waals surface area contributed by atoms with Crippen molar-refractivity contribution in [3.05, 3.63) is 30.6 Å². The molecule has 2 aromatic rings. The van der Waals surface area contributed by atoms with Crippen molar-refractivity contribution in [3.63, 3.8) is 0 Å². The van der Waals surface area contributed by atoms with Gasteiger partial charge in [-0.25, -0.2) is 9.97 Å². The topological polar surface area (TPSA) is 79.5 Å². The minimum absolute atomic E-state index is 0.488. The molecule has 1 aromatic heterocycles. The summed E-state index contributed by atoms with van der Waals surface area (Å²) in [6.45, 7) is 3.63. The van der Waals surface area contributed by atoms with Gasteiger partial charge in [-0.3, -0.25) is 0 Å². The Morgan fingerprint density at radius 2 is 1.67 bits per heavy atom. The molecule has 7 nitrogen and oxygen atoms in total. The first-order valence-electron chi connectivity index (χ1n) is 9.75. The Kier molecular flexibility index (Phi) is 5.18. The van der Waals surface area contributed by atoms with Crippen LogP contribution in [0.5, 0.6) is 5.75 Å². The number of anilines is 4. The number of nitrogens with two attached hydrogens (primary N) is 1. The molecular weight excluding hydrogens is 340 g/mol. The third kappa shape index (κ3) is 3.86. The van der Waals surface area contributed by atoms with Crippen LogP contribution in [-0.2, 0) is 0 Å². The van der Waals surface area contributed by atoms with Crippen molar-refractivity contribution in [2.24, 2.45) is 0 Å². The van der Waals surface area contributed by atoms with Crippen LogP contribution in [0.15, 0.2) is 30.6 Å². The van der Waals surface area contributed by atoms with Gasteiger partial charge in [-0.1, -0.05) is 12.8 Å². The van der Waals surface area contributed by atoms with E-state index < -0.39 is 0 Å². The first kappa shape index (κ1) is 17.7. The average Bonchev–Trinajstić information content (AvgIpc) is 3.23. The SMILES string of the molecule is COc1ccc(N2CCN(c3ncnc(NC4CCCC4)c3N)CC2)cc1. The fourth-order valence-electron chi connectivity index (χ4n) is 3.99. The third-order valence-electron chi connectivity index (χ3n) is 5.58. The van der Waals surface area contributed by atoms with Crippen LogP contribution in [0.2, 0.25) is 0 Å². The van der Waals surface area contributed by atoms with Crippen molar-refractivity contribution in [1.82, 2.24) is 9.97 Å². The minimum atomic E-state index is 0.488. The molecule has 0 atom stereocenters. The quantitative estimate of drug-likeness (QED) is 0.840.